The van der Waals surface area contributed by atoms with Crippen molar-refractivity contribution < 1.29 is 0 Å². The second kappa shape index (κ2) is 5.79. The van der Waals surface area contributed by atoms with Crippen molar-refractivity contribution in [1.29, 1.82) is 0 Å². The van der Waals surface area contributed by atoms with E-state index in [2.05, 4.69) is 36.4 Å². The summed E-state index contributed by atoms with van der Waals surface area (Å²) >= 11 is 6.37. The highest BCUT2D eigenvalue weighted by molar-refractivity contribution is 6.33. The van der Waals surface area contributed by atoms with Crippen LogP contribution in [0.25, 0.3) is 11.1 Å². The van der Waals surface area contributed by atoms with Gasteiger partial charge in [-0.1, -0.05) is 73.3 Å². The third-order valence-corrected chi connectivity index (χ3v) is 4.50. The van der Waals surface area contributed by atoms with Crippen molar-refractivity contribution >= 4 is 11.6 Å². The van der Waals surface area contributed by atoms with Crippen LogP contribution in [-0.4, -0.2) is 0 Å². The van der Waals surface area contributed by atoms with Gasteiger partial charge in [0.1, 0.15) is 0 Å². The van der Waals surface area contributed by atoms with Gasteiger partial charge in [-0.25, -0.2) is 0 Å². The van der Waals surface area contributed by atoms with Crippen molar-refractivity contribution in [2.45, 2.75) is 38.0 Å². The molecule has 1 heteroatoms. The molecule has 0 spiro atoms. The van der Waals surface area contributed by atoms with Crippen LogP contribution in [-0.2, 0) is 0 Å². The van der Waals surface area contributed by atoms with Crippen molar-refractivity contribution in [3.8, 4) is 11.1 Å². The summed E-state index contributed by atoms with van der Waals surface area (Å²) in [5.41, 5.74) is 3.97. The molecule has 3 rings (SSSR count). The van der Waals surface area contributed by atoms with Crippen LogP contribution in [0.5, 0.6) is 0 Å². The molecule has 0 N–H and O–H groups in total. The Hall–Kier alpha value is -1.27. The number of halogens is 1. The molecule has 1 fully saturated rings. The van der Waals surface area contributed by atoms with Gasteiger partial charge in [-0.3, -0.25) is 0 Å². The Labute approximate surface area is 120 Å². The van der Waals surface area contributed by atoms with E-state index in [0.717, 1.165) is 5.02 Å². The fourth-order valence-electron chi connectivity index (χ4n) is 3.19. The van der Waals surface area contributed by atoms with E-state index in [4.69, 9.17) is 11.6 Å². The summed E-state index contributed by atoms with van der Waals surface area (Å²) in [6, 6.07) is 16.9. The van der Waals surface area contributed by atoms with E-state index in [9.17, 15) is 0 Å². The number of benzene rings is 2. The second-order valence-corrected chi connectivity index (χ2v) is 5.81. The lowest BCUT2D eigenvalue weighted by molar-refractivity contribution is 0.444. The zero-order valence-corrected chi connectivity index (χ0v) is 11.9. The first kappa shape index (κ1) is 12.7. The number of hydrogen-bond donors (Lipinski definition) is 0. The van der Waals surface area contributed by atoms with Gasteiger partial charge in [0.2, 0.25) is 0 Å². The molecule has 98 valence electrons. The quantitative estimate of drug-likeness (QED) is 0.623. The summed E-state index contributed by atoms with van der Waals surface area (Å²) in [7, 11) is 0. The molecule has 0 amide bonds. The van der Waals surface area contributed by atoms with Gasteiger partial charge in [0.15, 0.2) is 0 Å². The summed E-state index contributed by atoms with van der Waals surface area (Å²) < 4.78 is 0. The maximum Gasteiger partial charge on any atom is 0.0484 e. The van der Waals surface area contributed by atoms with E-state index < -0.39 is 0 Å². The predicted molar refractivity (Wildman–Crippen MR) is 82.7 cm³/mol. The summed E-state index contributed by atoms with van der Waals surface area (Å²) in [4.78, 5) is 0. The highest BCUT2D eigenvalue weighted by atomic mass is 35.5. The van der Waals surface area contributed by atoms with Crippen LogP contribution < -0.4 is 0 Å². The Bertz CT molecular complexity index is 553. The summed E-state index contributed by atoms with van der Waals surface area (Å²) in [5.74, 6) is 0.709. The first-order valence-electron chi connectivity index (χ1n) is 7.20. The molecule has 2 aromatic carbocycles. The van der Waals surface area contributed by atoms with Gasteiger partial charge in [-0.05, 0) is 36.0 Å². The second-order valence-electron chi connectivity index (χ2n) is 5.40. The topological polar surface area (TPSA) is 0 Å². The van der Waals surface area contributed by atoms with Crippen LogP contribution in [0, 0.1) is 0 Å². The van der Waals surface area contributed by atoms with Gasteiger partial charge in [-0.2, -0.15) is 0 Å². The van der Waals surface area contributed by atoms with Gasteiger partial charge < -0.3 is 0 Å². The zero-order valence-electron chi connectivity index (χ0n) is 11.1. The molecule has 0 bridgehead atoms. The van der Waals surface area contributed by atoms with Crippen molar-refractivity contribution in [2.24, 2.45) is 0 Å². The summed E-state index contributed by atoms with van der Waals surface area (Å²) in [6.07, 6.45) is 6.76. The van der Waals surface area contributed by atoms with Crippen LogP contribution in [0.2, 0.25) is 5.02 Å². The van der Waals surface area contributed by atoms with Gasteiger partial charge in [0.05, 0.1) is 0 Å². The molecule has 1 aliphatic rings. The first-order chi connectivity index (χ1) is 9.36. The van der Waals surface area contributed by atoms with E-state index >= 15 is 0 Å². The summed E-state index contributed by atoms with van der Waals surface area (Å²) in [6.45, 7) is 0. The van der Waals surface area contributed by atoms with Crippen LogP contribution in [0.4, 0.5) is 0 Å². The fourth-order valence-corrected chi connectivity index (χ4v) is 3.43. The molecule has 1 saturated carbocycles. The molecule has 0 aromatic heterocycles. The molecule has 0 nitrogen and oxygen atoms in total. The highest BCUT2D eigenvalue weighted by Gasteiger charge is 2.19. The van der Waals surface area contributed by atoms with E-state index in [1.165, 1.54) is 48.8 Å². The third-order valence-electron chi connectivity index (χ3n) is 4.17. The Kier molecular flexibility index (Phi) is 3.89. The Morgan fingerprint density at radius 2 is 1.37 bits per heavy atom. The molecule has 2 aromatic rings. The number of hydrogen-bond acceptors (Lipinski definition) is 0. The molecule has 0 atom stereocenters. The van der Waals surface area contributed by atoms with E-state index in [0.29, 0.717) is 5.92 Å². The Morgan fingerprint density at radius 1 is 0.737 bits per heavy atom. The van der Waals surface area contributed by atoms with Crippen LogP contribution in [0.3, 0.4) is 0 Å². The van der Waals surface area contributed by atoms with Crippen LogP contribution in [0.15, 0.2) is 48.5 Å². The van der Waals surface area contributed by atoms with Crippen molar-refractivity contribution in [3.05, 3.63) is 59.1 Å². The van der Waals surface area contributed by atoms with Gasteiger partial charge in [-0.15, -0.1) is 0 Å². The molecule has 0 radical (unpaired) electrons. The van der Waals surface area contributed by atoms with E-state index in [1.807, 2.05) is 12.1 Å². The Balaban J connectivity index is 2.04. The average Bonchev–Trinajstić information content (AvgIpc) is 2.49. The molecule has 1 aliphatic carbocycles. The minimum atomic E-state index is 0.709. The normalized spacial score (nSPS) is 16.5. The smallest absolute Gasteiger partial charge is 0.0484 e. The lowest BCUT2D eigenvalue weighted by atomic mass is 9.81. The molecule has 0 saturated heterocycles. The van der Waals surface area contributed by atoms with Gasteiger partial charge in [0, 0.05) is 10.6 Å². The molecular weight excluding hydrogens is 252 g/mol. The van der Waals surface area contributed by atoms with Gasteiger partial charge >= 0.3 is 0 Å². The highest BCUT2D eigenvalue weighted by Crippen LogP contribution is 2.39. The fraction of sp³-hybridized carbons (Fsp3) is 0.333. The van der Waals surface area contributed by atoms with E-state index in [-0.39, 0.29) is 0 Å². The standard InChI is InChI=1S/C18H19Cl/c19-18-13-7-6-12-17(18)16-11-5-4-10-15(16)14-8-2-1-3-9-14/h4-7,10-14H,1-3,8-9H2. The molecule has 0 aliphatic heterocycles. The minimum Gasteiger partial charge on any atom is -0.0837 e. The summed E-state index contributed by atoms with van der Waals surface area (Å²) in [5, 5.41) is 0.853. The lowest BCUT2D eigenvalue weighted by Crippen LogP contribution is -2.05. The predicted octanol–water partition coefficient (Wildman–Crippen LogP) is 6.05. The largest absolute Gasteiger partial charge is 0.0837 e. The van der Waals surface area contributed by atoms with Gasteiger partial charge in [0.25, 0.3) is 0 Å². The van der Waals surface area contributed by atoms with Crippen LogP contribution >= 0.6 is 11.6 Å². The monoisotopic (exact) mass is 270 g/mol. The molecule has 0 heterocycles. The van der Waals surface area contributed by atoms with Crippen molar-refractivity contribution in [3.63, 3.8) is 0 Å². The Morgan fingerprint density at radius 3 is 2.11 bits per heavy atom. The minimum absolute atomic E-state index is 0.709. The number of rotatable bonds is 2. The maximum absolute atomic E-state index is 6.37. The van der Waals surface area contributed by atoms with Crippen molar-refractivity contribution in [1.82, 2.24) is 0 Å². The van der Waals surface area contributed by atoms with Crippen LogP contribution in [0.1, 0.15) is 43.6 Å². The SMILES string of the molecule is Clc1ccccc1-c1ccccc1C1CCCCC1. The average molecular weight is 271 g/mol. The van der Waals surface area contributed by atoms with Crippen molar-refractivity contribution in [2.75, 3.05) is 0 Å². The zero-order chi connectivity index (χ0) is 13.1. The third kappa shape index (κ3) is 2.69. The first-order valence-corrected chi connectivity index (χ1v) is 7.58. The lowest BCUT2D eigenvalue weighted by Gasteiger charge is -2.24. The van der Waals surface area contributed by atoms with E-state index in [1.54, 1.807) is 0 Å². The maximum atomic E-state index is 6.37. The molecule has 19 heavy (non-hydrogen) atoms. The molecule has 0 unspecified atom stereocenters. The molecular formula is C18H19Cl.